The summed E-state index contributed by atoms with van der Waals surface area (Å²) in [5.74, 6) is 0.0128. The minimum absolute atomic E-state index is 0.0128. The Morgan fingerprint density at radius 3 is 2.36 bits per heavy atom. The van der Waals surface area contributed by atoms with Crippen LogP contribution in [0.15, 0.2) is 6.07 Å². The molecule has 22 heavy (non-hydrogen) atoms. The number of benzene rings is 1. The number of hydrazine groups is 1. The van der Waals surface area contributed by atoms with E-state index in [0.29, 0.717) is 19.2 Å². The molecule has 0 aliphatic carbocycles. The molecule has 1 saturated heterocycles. The maximum absolute atomic E-state index is 12.6. The minimum Gasteiger partial charge on any atom is -0.383 e. The smallest absolute Gasteiger partial charge is 0.251 e. The summed E-state index contributed by atoms with van der Waals surface area (Å²) >= 11 is 0. The Morgan fingerprint density at radius 1 is 1.18 bits per heavy atom. The predicted molar refractivity (Wildman–Crippen MR) is 88.1 cm³/mol. The van der Waals surface area contributed by atoms with Gasteiger partial charge in [0.05, 0.1) is 6.61 Å². The molecule has 3 N–H and O–H groups in total. The van der Waals surface area contributed by atoms with Gasteiger partial charge in [-0.25, -0.2) is 0 Å². The number of nitrogens with one attached hydrogen (secondary N) is 3. The highest BCUT2D eigenvalue weighted by molar-refractivity contribution is 5.97. The summed E-state index contributed by atoms with van der Waals surface area (Å²) in [6.45, 7) is 9.42. The highest BCUT2D eigenvalue weighted by Gasteiger charge is 2.24. The van der Waals surface area contributed by atoms with Crippen molar-refractivity contribution < 1.29 is 9.53 Å². The quantitative estimate of drug-likeness (QED) is 0.772. The molecule has 5 nitrogen and oxygen atoms in total. The summed E-state index contributed by atoms with van der Waals surface area (Å²) in [6, 6.07) is 2.67. The van der Waals surface area contributed by atoms with Crippen molar-refractivity contribution >= 4 is 5.91 Å². The fraction of sp³-hybridized carbons (Fsp3) is 0.588. The van der Waals surface area contributed by atoms with E-state index in [1.165, 1.54) is 0 Å². The van der Waals surface area contributed by atoms with Gasteiger partial charge in [0, 0.05) is 31.3 Å². The molecule has 0 radical (unpaired) electrons. The van der Waals surface area contributed by atoms with E-state index in [-0.39, 0.29) is 11.9 Å². The second-order valence-electron chi connectivity index (χ2n) is 6.22. The van der Waals surface area contributed by atoms with E-state index in [4.69, 9.17) is 4.74 Å². The first-order valence-electron chi connectivity index (χ1n) is 7.79. The van der Waals surface area contributed by atoms with Gasteiger partial charge in [-0.2, -0.15) is 0 Å². The average Bonchev–Trinajstić information content (AvgIpc) is 2.91. The van der Waals surface area contributed by atoms with Crippen molar-refractivity contribution in [1.29, 1.82) is 0 Å². The number of carbonyl (C=O) groups is 1. The van der Waals surface area contributed by atoms with Crippen molar-refractivity contribution in [2.24, 2.45) is 0 Å². The van der Waals surface area contributed by atoms with Gasteiger partial charge in [-0.05, 0) is 56.4 Å². The van der Waals surface area contributed by atoms with Crippen molar-refractivity contribution in [3.05, 3.63) is 33.9 Å². The summed E-state index contributed by atoms with van der Waals surface area (Å²) in [4.78, 5) is 12.6. The van der Waals surface area contributed by atoms with Crippen molar-refractivity contribution in [2.45, 2.75) is 46.2 Å². The Morgan fingerprint density at radius 2 is 1.77 bits per heavy atom. The van der Waals surface area contributed by atoms with Crippen LogP contribution in [-0.2, 0) is 4.74 Å². The summed E-state index contributed by atoms with van der Waals surface area (Å²) in [5.41, 5.74) is 11.7. The molecule has 0 saturated carbocycles. The molecule has 122 valence electrons. The maximum Gasteiger partial charge on any atom is 0.251 e. The van der Waals surface area contributed by atoms with Gasteiger partial charge in [0.1, 0.15) is 0 Å². The van der Waals surface area contributed by atoms with E-state index in [1.54, 1.807) is 7.11 Å². The van der Waals surface area contributed by atoms with Gasteiger partial charge in [-0.3, -0.25) is 15.6 Å². The average molecular weight is 305 g/mol. The Balaban J connectivity index is 1.99. The van der Waals surface area contributed by atoms with Crippen LogP contribution in [0.1, 0.15) is 39.0 Å². The van der Waals surface area contributed by atoms with Crippen LogP contribution >= 0.6 is 0 Å². The fourth-order valence-electron chi connectivity index (χ4n) is 3.00. The summed E-state index contributed by atoms with van der Waals surface area (Å²) < 4.78 is 5.14. The molecule has 1 aliphatic heterocycles. The van der Waals surface area contributed by atoms with Crippen LogP contribution in [0, 0.1) is 27.7 Å². The third kappa shape index (κ3) is 3.66. The third-order valence-electron chi connectivity index (χ3n) is 4.53. The Labute approximate surface area is 132 Å². The molecule has 1 amide bonds. The molecule has 5 heteroatoms. The van der Waals surface area contributed by atoms with Crippen LogP contribution in [0.5, 0.6) is 0 Å². The van der Waals surface area contributed by atoms with Crippen molar-refractivity contribution in [3.8, 4) is 0 Å². The van der Waals surface area contributed by atoms with E-state index in [2.05, 4.69) is 36.1 Å². The lowest BCUT2D eigenvalue weighted by Crippen LogP contribution is -2.41. The monoisotopic (exact) mass is 305 g/mol. The lowest BCUT2D eigenvalue weighted by atomic mass is 9.93. The maximum atomic E-state index is 12.6. The number of hydrogen-bond donors (Lipinski definition) is 3. The SMILES string of the molecule is COCC1CC(CNC(=O)c2c(C)c(C)cc(C)c2C)NN1. The molecule has 1 aromatic carbocycles. The molecular formula is C17H27N3O2. The summed E-state index contributed by atoms with van der Waals surface area (Å²) in [7, 11) is 1.70. The zero-order valence-corrected chi connectivity index (χ0v) is 14.2. The number of methoxy groups -OCH3 is 1. The Hall–Kier alpha value is -1.43. The van der Waals surface area contributed by atoms with Crippen LogP contribution in [-0.4, -0.2) is 38.3 Å². The first kappa shape index (κ1) is 16.9. The number of hydrogen-bond acceptors (Lipinski definition) is 4. The van der Waals surface area contributed by atoms with Crippen LogP contribution in [0.2, 0.25) is 0 Å². The fourth-order valence-corrected chi connectivity index (χ4v) is 3.00. The van der Waals surface area contributed by atoms with E-state index < -0.39 is 0 Å². The van der Waals surface area contributed by atoms with Gasteiger partial charge in [0.2, 0.25) is 0 Å². The molecule has 2 atom stereocenters. The van der Waals surface area contributed by atoms with Gasteiger partial charge in [-0.1, -0.05) is 6.07 Å². The van der Waals surface area contributed by atoms with Gasteiger partial charge in [0.25, 0.3) is 5.91 Å². The zero-order chi connectivity index (χ0) is 16.3. The number of rotatable bonds is 5. The Bertz CT molecular complexity index is 531. The molecule has 0 aromatic heterocycles. The molecule has 2 unspecified atom stereocenters. The first-order valence-corrected chi connectivity index (χ1v) is 7.79. The van der Waals surface area contributed by atoms with E-state index in [1.807, 2.05) is 13.8 Å². The molecule has 0 bridgehead atoms. The first-order chi connectivity index (χ1) is 10.4. The number of ether oxygens (including phenoxy) is 1. The van der Waals surface area contributed by atoms with E-state index in [9.17, 15) is 4.79 Å². The standard InChI is InChI=1S/C17H27N3O2/c1-10-6-11(2)13(4)16(12(10)3)17(21)18-8-14-7-15(9-22-5)20-19-14/h6,14-15,19-20H,7-9H2,1-5H3,(H,18,21). The molecule has 1 aromatic rings. The third-order valence-corrected chi connectivity index (χ3v) is 4.53. The van der Waals surface area contributed by atoms with Crippen molar-refractivity contribution in [1.82, 2.24) is 16.2 Å². The topological polar surface area (TPSA) is 62.4 Å². The Kier molecular flexibility index (Phi) is 5.56. The van der Waals surface area contributed by atoms with Crippen LogP contribution in [0.25, 0.3) is 0 Å². The highest BCUT2D eigenvalue weighted by Crippen LogP contribution is 2.21. The van der Waals surface area contributed by atoms with Crippen LogP contribution in [0.3, 0.4) is 0 Å². The second-order valence-corrected chi connectivity index (χ2v) is 6.22. The summed E-state index contributed by atoms with van der Waals surface area (Å²) in [6.07, 6.45) is 0.943. The molecule has 0 spiro atoms. The van der Waals surface area contributed by atoms with Crippen LogP contribution in [0.4, 0.5) is 0 Å². The lowest BCUT2D eigenvalue weighted by molar-refractivity contribution is 0.0948. The predicted octanol–water partition coefficient (Wildman–Crippen LogP) is 1.53. The number of carbonyl (C=O) groups excluding carboxylic acids is 1. The highest BCUT2D eigenvalue weighted by atomic mass is 16.5. The van der Waals surface area contributed by atoms with Crippen molar-refractivity contribution in [2.75, 3.05) is 20.3 Å². The summed E-state index contributed by atoms with van der Waals surface area (Å²) in [5, 5.41) is 3.06. The van der Waals surface area contributed by atoms with E-state index in [0.717, 1.165) is 34.2 Å². The minimum atomic E-state index is 0.0128. The number of amides is 1. The zero-order valence-electron chi connectivity index (χ0n) is 14.2. The number of aryl methyl sites for hydroxylation is 2. The van der Waals surface area contributed by atoms with Gasteiger partial charge >= 0.3 is 0 Å². The lowest BCUT2D eigenvalue weighted by Gasteiger charge is -2.16. The molecule has 1 heterocycles. The van der Waals surface area contributed by atoms with Gasteiger partial charge < -0.3 is 10.1 Å². The second kappa shape index (κ2) is 7.22. The molecule has 2 rings (SSSR count). The van der Waals surface area contributed by atoms with Gasteiger partial charge in [0.15, 0.2) is 0 Å². The largest absolute Gasteiger partial charge is 0.383 e. The normalized spacial score (nSPS) is 21.1. The molecule has 1 aliphatic rings. The van der Waals surface area contributed by atoms with Crippen LogP contribution < -0.4 is 16.2 Å². The van der Waals surface area contributed by atoms with Gasteiger partial charge in [-0.15, -0.1) is 0 Å². The molecular weight excluding hydrogens is 278 g/mol. The molecule has 1 fully saturated rings. The van der Waals surface area contributed by atoms with Crippen molar-refractivity contribution in [3.63, 3.8) is 0 Å². The van der Waals surface area contributed by atoms with E-state index >= 15 is 0 Å².